The number of allylic oxidation sites excluding steroid dienone is 1. The van der Waals surface area contributed by atoms with E-state index >= 15 is 0 Å². The second-order valence-corrected chi connectivity index (χ2v) is 3.59. The van der Waals surface area contributed by atoms with Crippen LogP contribution >= 0.6 is 12.2 Å². The van der Waals surface area contributed by atoms with E-state index < -0.39 is 0 Å². The summed E-state index contributed by atoms with van der Waals surface area (Å²) < 4.78 is 0. The van der Waals surface area contributed by atoms with Crippen molar-refractivity contribution in [3.05, 3.63) is 11.6 Å². The van der Waals surface area contributed by atoms with Crippen molar-refractivity contribution in [2.75, 3.05) is 6.54 Å². The highest BCUT2D eigenvalue weighted by atomic mass is 32.1. The molecule has 0 bridgehead atoms. The zero-order chi connectivity index (χ0) is 8.81. The molecule has 1 rings (SSSR count). The third kappa shape index (κ3) is 3.72. The number of hydrogen-bond donors (Lipinski definition) is 2. The summed E-state index contributed by atoms with van der Waals surface area (Å²) in [5, 5.41) is 3.37. The molecule has 0 fully saturated rings. The predicted molar refractivity (Wildman–Crippen MR) is 56.0 cm³/mol. The molecule has 0 unspecified atom stereocenters. The van der Waals surface area contributed by atoms with Crippen LogP contribution in [-0.2, 0) is 0 Å². The second-order valence-electron chi connectivity index (χ2n) is 3.15. The van der Waals surface area contributed by atoms with Crippen LogP contribution in [0.5, 0.6) is 0 Å². The van der Waals surface area contributed by atoms with Gasteiger partial charge in [0.25, 0.3) is 0 Å². The third-order valence-corrected chi connectivity index (χ3v) is 2.27. The summed E-state index contributed by atoms with van der Waals surface area (Å²) in [6, 6.07) is 0. The molecule has 3 heteroatoms. The molecule has 0 aromatic rings. The Morgan fingerprint density at radius 3 is 3.00 bits per heavy atom. The number of nitrogens with one attached hydrogen (secondary N) is 1. The molecule has 3 N–H and O–H groups in total. The highest BCUT2D eigenvalue weighted by Crippen LogP contribution is 2.19. The molecule has 68 valence electrons. The Hall–Kier alpha value is -0.570. The van der Waals surface area contributed by atoms with Gasteiger partial charge in [-0.3, -0.25) is 0 Å². The third-order valence-electron chi connectivity index (χ3n) is 2.13. The standard InChI is InChI=1S/C9H16N2S/c10-9(12)11-7-6-8-4-2-1-3-5-8/h4H,1-3,5-7H2,(H3,10,11,12). The molecule has 0 heterocycles. The van der Waals surface area contributed by atoms with E-state index in [2.05, 4.69) is 11.4 Å². The van der Waals surface area contributed by atoms with Crippen LogP contribution in [0.25, 0.3) is 0 Å². The first-order chi connectivity index (χ1) is 5.79. The van der Waals surface area contributed by atoms with Crippen LogP contribution in [0.2, 0.25) is 0 Å². The summed E-state index contributed by atoms with van der Waals surface area (Å²) in [6.07, 6.45) is 8.66. The van der Waals surface area contributed by atoms with Gasteiger partial charge in [-0.05, 0) is 44.3 Å². The van der Waals surface area contributed by atoms with Crippen LogP contribution < -0.4 is 11.1 Å². The average Bonchev–Trinajstić information content (AvgIpc) is 2.05. The first-order valence-corrected chi connectivity index (χ1v) is 4.91. The van der Waals surface area contributed by atoms with Gasteiger partial charge in [-0.2, -0.15) is 0 Å². The molecule has 2 nitrogen and oxygen atoms in total. The molecule has 0 aliphatic heterocycles. The molecule has 0 saturated carbocycles. The maximum Gasteiger partial charge on any atom is 0.163 e. The number of thiocarbonyl (C=S) groups is 1. The number of nitrogens with two attached hydrogens (primary N) is 1. The van der Waals surface area contributed by atoms with Crippen molar-refractivity contribution in [1.29, 1.82) is 0 Å². The topological polar surface area (TPSA) is 38.0 Å². The minimum absolute atomic E-state index is 0.409. The quantitative estimate of drug-likeness (QED) is 0.518. The highest BCUT2D eigenvalue weighted by Gasteiger charge is 2.02. The van der Waals surface area contributed by atoms with Crippen LogP contribution in [0, 0.1) is 0 Å². The zero-order valence-electron chi connectivity index (χ0n) is 7.31. The van der Waals surface area contributed by atoms with Crippen molar-refractivity contribution in [3.63, 3.8) is 0 Å². The molecule has 1 aliphatic carbocycles. The molecule has 0 atom stereocenters. The van der Waals surface area contributed by atoms with Crippen molar-refractivity contribution >= 4 is 17.3 Å². The van der Waals surface area contributed by atoms with E-state index in [-0.39, 0.29) is 0 Å². The van der Waals surface area contributed by atoms with E-state index in [0.29, 0.717) is 5.11 Å². The summed E-state index contributed by atoms with van der Waals surface area (Å²) in [7, 11) is 0. The fourth-order valence-corrected chi connectivity index (χ4v) is 1.58. The van der Waals surface area contributed by atoms with Gasteiger partial charge in [0, 0.05) is 6.54 Å². The summed E-state index contributed by atoms with van der Waals surface area (Å²) in [4.78, 5) is 0. The number of rotatable bonds is 3. The largest absolute Gasteiger partial charge is 0.376 e. The molecule has 0 radical (unpaired) electrons. The Balaban J connectivity index is 2.13. The summed E-state index contributed by atoms with van der Waals surface area (Å²) in [5.74, 6) is 0. The lowest BCUT2D eigenvalue weighted by atomic mass is 9.97. The summed E-state index contributed by atoms with van der Waals surface area (Å²) in [5.41, 5.74) is 6.87. The van der Waals surface area contributed by atoms with Gasteiger partial charge in [0.1, 0.15) is 0 Å². The van der Waals surface area contributed by atoms with Crippen LogP contribution in [0.15, 0.2) is 11.6 Å². The molecule has 1 aliphatic rings. The highest BCUT2D eigenvalue weighted by molar-refractivity contribution is 7.80. The van der Waals surface area contributed by atoms with Gasteiger partial charge in [-0.25, -0.2) is 0 Å². The van der Waals surface area contributed by atoms with Crippen LogP contribution in [-0.4, -0.2) is 11.7 Å². The van der Waals surface area contributed by atoms with Gasteiger partial charge in [0.15, 0.2) is 5.11 Å². The van der Waals surface area contributed by atoms with Crippen molar-refractivity contribution in [1.82, 2.24) is 5.32 Å². The smallest absolute Gasteiger partial charge is 0.163 e. The van der Waals surface area contributed by atoms with Crippen LogP contribution in [0.3, 0.4) is 0 Å². The minimum Gasteiger partial charge on any atom is -0.376 e. The predicted octanol–water partition coefficient (Wildman–Crippen LogP) is 1.71. The number of hydrogen-bond acceptors (Lipinski definition) is 1. The van der Waals surface area contributed by atoms with Crippen LogP contribution in [0.4, 0.5) is 0 Å². The van der Waals surface area contributed by atoms with Gasteiger partial charge >= 0.3 is 0 Å². The summed E-state index contributed by atoms with van der Waals surface area (Å²) >= 11 is 4.71. The minimum atomic E-state index is 0.409. The molecule has 0 spiro atoms. The van der Waals surface area contributed by atoms with E-state index in [1.807, 2.05) is 0 Å². The normalized spacial score (nSPS) is 16.8. The Kier molecular flexibility index (Phi) is 4.08. The second kappa shape index (κ2) is 5.14. The fraction of sp³-hybridized carbons (Fsp3) is 0.667. The SMILES string of the molecule is NC(=S)NCCC1=CCCCC1. The zero-order valence-corrected chi connectivity index (χ0v) is 8.12. The maximum atomic E-state index is 5.31. The Labute approximate surface area is 79.2 Å². The molecule has 0 aromatic heterocycles. The van der Waals surface area contributed by atoms with E-state index in [1.165, 1.54) is 25.7 Å². The molecular weight excluding hydrogens is 168 g/mol. The van der Waals surface area contributed by atoms with E-state index in [4.69, 9.17) is 18.0 Å². The van der Waals surface area contributed by atoms with E-state index in [1.54, 1.807) is 5.57 Å². The van der Waals surface area contributed by atoms with Crippen molar-refractivity contribution < 1.29 is 0 Å². The lowest BCUT2D eigenvalue weighted by molar-refractivity contribution is 0.669. The molecule has 0 saturated heterocycles. The molecular formula is C9H16N2S. The van der Waals surface area contributed by atoms with Crippen molar-refractivity contribution in [2.45, 2.75) is 32.1 Å². The fourth-order valence-electron chi connectivity index (χ4n) is 1.48. The molecule has 0 aromatic carbocycles. The van der Waals surface area contributed by atoms with Crippen LogP contribution in [0.1, 0.15) is 32.1 Å². The first-order valence-electron chi connectivity index (χ1n) is 4.50. The van der Waals surface area contributed by atoms with Crippen molar-refractivity contribution in [2.24, 2.45) is 5.73 Å². The maximum absolute atomic E-state index is 5.31. The van der Waals surface area contributed by atoms with E-state index in [9.17, 15) is 0 Å². The average molecular weight is 184 g/mol. The Bertz CT molecular complexity index is 187. The van der Waals surface area contributed by atoms with Gasteiger partial charge in [0.2, 0.25) is 0 Å². The Morgan fingerprint density at radius 2 is 2.42 bits per heavy atom. The molecule has 12 heavy (non-hydrogen) atoms. The molecule has 0 amide bonds. The first kappa shape index (κ1) is 9.52. The Morgan fingerprint density at radius 1 is 1.58 bits per heavy atom. The monoisotopic (exact) mass is 184 g/mol. The van der Waals surface area contributed by atoms with Gasteiger partial charge in [-0.1, -0.05) is 11.6 Å². The van der Waals surface area contributed by atoms with Gasteiger partial charge in [0.05, 0.1) is 0 Å². The van der Waals surface area contributed by atoms with E-state index in [0.717, 1.165) is 13.0 Å². The summed E-state index contributed by atoms with van der Waals surface area (Å²) in [6.45, 7) is 0.890. The van der Waals surface area contributed by atoms with Gasteiger partial charge < -0.3 is 11.1 Å². The lowest BCUT2D eigenvalue weighted by Gasteiger charge is -2.12. The lowest BCUT2D eigenvalue weighted by Crippen LogP contribution is -2.29. The van der Waals surface area contributed by atoms with Crippen molar-refractivity contribution in [3.8, 4) is 0 Å². The van der Waals surface area contributed by atoms with Gasteiger partial charge in [-0.15, -0.1) is 0 Å².